The highest BCUT2D eigenvalue weighted by molar-refractivity contribution is 7.91. The molecule has 0 radical (unpaired) electrons. The van der Waals surface area contributed by atoms with Crippen LogP contribution in [0.15, 0.2) is 52.5 Å². The van der Waals surface area contributed by atoms with Crippen LogP contribution in [0.1, 0.15) is 10.4 Å². The number of nitrogens with one attached hydrogen (secondary N) is 1. The molecule has 1 aromatic heterocycles. The Morgan fingerprint density at radius 2 is 1.92 bits per heavy atom. The summed E-state index contributed by atoms with van der Waals surface area (Å²) in [6, 6.07) is 8.80. The molecule has 126 valence electrons. The number of sulfone groups is 1. The quantitative estimate of drug-likeness (QED) is 0.868. The third-order valence-electron chi connectivity index (χ3n) is 3.62. The highest BCUT2D eigenvalue weighted by Crippen LogP contribution is 2.21. The molecule has 7 nitrogen and oxygen atoms in total. The maximum Gasteiger partial charge on any atom is 0.253 e. The third kappa shape index (κ3) is 3.24. The Morgan fingerprint density at radius 3 is 2.42 bits per heavy atom. The van der Waals surface area contributed by atoms with Gasteiger partial charge in [0.05, 0.1) is 36.8 Å². The number of carbonyl (C=O) groups excluding carboxylic acids is 1. The van der Waals surface area contributed by atoms with Crippen LogP contribution in [0.4, 0.5) is 0 Å². The van der Waals surface area contributed by atoms with Gasteiger partial charge >= 0.3 is 0 Å². The summed E-state index contributed by atoms with van der Waals surface area (Å²) in [7, 11) is -2.24. The number of ether oxygens (including phenoxy) is 2. The molecule has 0 spiro atoms. The van der Waals surface area contributed by atoms with Gasteiger partial charge in [-0.1, -0.05) is 0 Å². The van der Waals surface area contributed by atoms with E-state index in [1.54, 1.807) is 12.1 Å². The molecule has 0 bridgehead atoms. The van der Waals surface area contributed by atoms with E-state index in [1.165, 1.54) is 37.6 Å². The van der Waals surface area contributed by atoms with Crippen LogP contribution in [0.3, 0.4) is 0 Å². The van der Waals surface area contributed by atoms with Crippen LogP contribution >= 0.6 is 0 Å². The zero-order valence-corrected chi connectivity index (χ0v) is 13.7. The molecule has 3 rings (SSSR count). The van der Waals surface area contributed by atoms with Gasteiger partial charge in [0.15, 0.2) is 5.03 Å². The summed E-state index contributed by atoms with van der Waals surface area (Å²) < 4.78 is 35.0. The Kier molecular flexibility index (Phi) is 4.50. The monoisotopic (exact) mass is 348 g/mol. The number of benzene rings is 1. The summed E-state index contributed by atoms with van der Waals surface area (Å²) in [4.78, 5) is 16.0. The maximum atomic E-state index is 12.5. The number of hydrogen-bond donors (Lipinski definition) is 1. The molecular weight excluding hydrogens is 332 g/mol. The molecule has 1 aliphatic rings. The van der Waals surface area contributed by atoms with Gasteiger partial charge in [-0.15, -0.1) is 0 Å². The molecule has 0 atom stereocenters. The van der Waals surface area contributed by atoms with Crippen LogP contribution in [0.2, 0.25) is 0 Å². The van der Waals surface area contributed by atoms with Crippen molar-refractivity contribution in [2.24, 2.45) is 0 Å². The number of amides is 1. The van der Waals surface area contributed by atoms with Crippen molar-refractivity contribution >= 4 is 15.7 Å². The number of carbonyl (C=O) groups is 1. The first-order valence-electron chi connectivity index (χ1n) is 7.24. The van der Waals surface area contributed by atoms with Crippen LogP contribution in [0, 0.1) is 0 Å². The predicted molar refractivity (Wildman–Crippen MR) is 84.8 cm³/mol. The van der Waals surface area contributed by atoms with E-state index in [-0.39, 0.29) is 21.9 Å². The van der Waals surface area contributed by atoms with Gasteiger partial charge in [-0.2, -0.15) is 0 Å². The zero-order valence-electron chi connectivity index (χ0n) is 12.9. The first-order valence-corrected chi connectivity index (χ1v) is 8.73. The van der Waals surface area contributed by atoms with Crippen molar-refractivity contribution in [1.82, 2.24) is 10.3 Å². The van der Waals surface area contributed by atoms with Crippen molar-refractivity contribution in [2.45, 2.75) is 16.0 Å². The van der Waals surface area contributed by atoms with Crippen LogP contribution in [0.5, 0.6) is 5.75 Å². The van der Waals surface area contributed by atoms with Crippen LogP contribution in [-0.2, 0) is 14.6 Å². The smallest absolute Gasteiger partial charge is 0.253 e. The minimum absolute atomic E-state index is 0.000193. The van der Waals surface area contributed by atoms with Gasteiger partial charge in [0.25, 0.3) is 5.91 Å². The van der Waals surface area contributed by atoms with Crippen molar-refractivity contribution in [3.8, 4) is 5.75 Å². The summed E-state index contributed by atoms with van der Waals surface area (Å²) >= 11 is 0. The van der Waals surface area contributed by atoms with Crippen molar-refractivity contribution < 1.29 is 22.7 Å². The van der Waals surface area contributed by atoms with Crippen LogP contribution < -0.4 is 10.1 Å². The minimum atomic E-state index is -3.74. The van der Waals surface area contributed by atoms with Crippen molar-refractivity contribution in [1.29, 1.82) is 0 Å². The summed E-state index contributed by atoms with van der Waals surface area (Å²) in [6.07, 6.45) is 1.26. The lowest BCUT2D eigenvalue weighted by Crippen LogP contribution is -2.48. The van der Waals surface area contributed by atoms with E-state index in [4.69, 9.17) is 9.47 Å². The Balaban J connectivity index is 1.79. The summed E-state index contributed by atoms with van der Waals surface area (Å²) in [5.41, 5.74) is 0.301. The van der Waals surface area contributed by atoms with E-state index in [0.717, 1.165) is 0 Å². The Morgan fingerprint density at radius 1 is 1.21 bits per heavy atom. The number of pyridine rings is 1. The molecule has 2 heterocycles. The van der Waals surface area contributed by atoms with Gasteiger partial charge in [0.1, 0.15) is 5.75 Å². The van der Waals surface area contributed by atoms with Gasteiger partial charge < -0.3 is 14.8 Å². The molecule has 0 aliphatic carbocycles. The van der Waals surface area contributed by atoms with E-state index >= 15 is 0 Å². The Hall–Kier alpha value is -2.45. The van der Waals surface area contributed by atoms with E-state index in [1.807, 2.05) is 0 Å². The average Bonchev–Trinajstić information content (AvgIpc) is 2.58. The standard InChI is InChI=1S/C16H16N2O5S/c1-22-13-3-5-14(6-4-13)24(20,21)15-7-2-11(8-17-15)16(19)18-12-9-23-10-12/h2-8,12H,9-10H2,1H3,(H,18,19). The summed E-state index contributed by atoms with van der Waals surface area (Å²) in [5.74, 6) is 0.262. The SMILES string of the molecule is COc1ccc(S(=O)(=O)c2ccc(C(=O)NC3COC3)cn2)cc1. The lowest BCUT2D eigenvalue weighted by Gasteiger charge is -2.26. The molecular formula is C16H16N2O5S. The minimum Gasteiger partial charge on any atom is -0.497 e. The van der Waals surface area contributed by atoms with Gasteiger partial charge in [-0.25, -0.2) is 13.4 Å². The Bertz CT molecular complexity index is 828. The Labute approximate surface area is 139 Å². The fourth-order valence-corrected chi connectivity index (χ4v) is 3.31. The van der Waals surface area contributed by atoms with Crippen molar-refractivity contribution in [2.75, 3.05) is 20.3 Å². The molecule has 8 heteroatoms. The van der Waals surface area contributed by atoms with Crippen molar-refractivity contribution in [3.63, 3.8) is 0 Å². The topological polar surface area (TPSA) is 94.6 Å². The first-order chi connectivity index (χ1) is 11.5. The van der Waals surface area contributed by atoms with Gasteiger partial charge in [0, 0.05) is 6.20 Å². The summed E-state index contributed by atoms with van der Waals surface area (Å²) in [6.45, 7) is 0.978. The number of hydrogen-bond acceptors (Lipinski definition) is 6. The largest absolute Gasteiger partial charge is 0.497 e. The molecule has 0 saturated carbocycles. The lowest BCUT2D eigenvalue weighted by atomic mass is 10.2. The molecule has 1 saturated heterocycles. The molecule has 0 unspecified atom stereocenters. The molecule has 1 aromatic carbocycles. The average molecular weight is 348 g/mol. The highest BCUT2D eigenvalue weighted by Gasteiger charge is 2.23. The van der Waals surface area contributed by atoms with Crippen LogP contribution in [-0.4, -0.2) is 45.7 Å². The fraction of sp³-hybridized carbons (Fsp3) is 0.250. The van der Waals surface area contributed by atoms with E-state index in [0.29, 0.717) is 24.5 Å². The second kappa shape index (κ2) is 6.58. The second-order valence-electron chi connectivity index (χ2n) is 5.27. The highest BCUT2D eigenvalue weighted by atomic mass is 32.2. The lowest BCUT2D eigenvalue weighted by molar-refractivity contribution is -0.00347. The molecule has 2 aromatic rings. The van der Waals surface area contributed by atoms with E-state index < -0.39 is 9.84 Å². The van der Waals surface area contributed by atoms with Crippen LogP contribution in [0.25, 0.3) is 0 Å². The first kappa shape index (κ1) is 16.4. The van der Waals surface area contributed by atoms with E-state index in [2.05, 4.69) is 10.3 Å². The normalized spacial score (nSPS) is 14.7. The second-order valence-corrected chi connectivity index (χ2v) is 7.17. The summed E-state index contributed by atoms with van der Waals surface area (Å²) in [5, 5.41) is 2.65. The van der Waals surface area contributed by atoms with E-state index in [9.17, 15) is 13.2 Å². The van der Waals surface area contributed by atoms with Gasteiger partial charge in [-0.05, 0) is 36.4 Å². The number of rotatable bonds is 5. The molecule has 1 fully saturated rings. The molecule has 1 amide bonds. The molecule has 24 heavy (non-hydrogen) atoms. The van der Waals surface area contributed by atoms with Crippen molar-refractivity contribution in [3.05, 3.63) is 48.2 Å². The third-order valence-corrected chi connectivity index (χ3v) is 5.30. The fourth-order valence-electron chi connectivity index (χ4n) is 2.14. The maximum absolute atomic E-state index is 12.5. The number of nitrogens with zero attached hydrogens (tertiary/aromatic N) is 1. The predicted octanol–water partition coefficient (Wildman–Crippen LogP) is 1.05. The van der Waals surface area contributed by atoms with Gasteiger partial charge in [-0.3, -0.25) is 4.79 Å². The molecule has 1 N–H and O–H groups in total. The molecule has 1 aliphatic heterocycles. The number of methoxy groups -OCH3 is 1. The zero-order chi connectivity index (χ0) is 17.2. The van der Waals surface area contributed by atoms with Gasteiger partial charge in [0.2, 0.25) is 9.84 Å². The number of aromatic nitrogens is 1.